The van der Waals surface area contributed by atoms with Gasteiger partial charge in [0.1, 0.15) is 23.3 Å². The maximum Gasteiger partial charge on any atom is 0.140 e. The van der Waals surface area contributed by atoms with E-state index in [0.29, 0.717) is 12.2 Å². The van der Waals surface area contributed by atoms with E-state index >= 15 is 0 Å². The first-order chi connectivity index (χ1) is 9.08. The normalized spacial score (nSPS) is 24.9. The average Bonchev–Trinajstić information content (AvgIpc) is 2.62. The number of fused-ring (bicyclic) bond motifs is 1. The molecule has 0 amide bonds. The Labute approximate surface area is 111 Å². The summed E-state index contributed by atoms with van der Waals surface area (Å²) in [4.78, 5) is 0. The third-order valence-corrected chi connectivity index (χ3v) is 3.58. The van der Waals surface area contributed by atoms with Crippen LogP contribution in [0.3, 0.4) is 0 Å². The summed E-state index contributed by atoms with van der Waals surface area (Å²) in [5.41, 5.74) is 0.855. The molecule has 1 heterocycles. The van der Waals surface area contributed by atoms with Gasteiger partial charge in [0.25, 0.3) is 0 Å². The standard InChI is InChI=1S/C16H15FO2/c1-16(10-11-5-4-6-12(17)9-11)15(18)13-7-2-3-8-14(13)19-16/h2-9,15,18H,10H2,1H3/t15-,16+/m1/s1. The summed E-state index contributed by atoms with van der Waals surface area (Å²) in [5, 5.41) is 10.4. The number of aliphatic hydroxyl groups excluding tert-OH is 1. The van der Waals surface area contributed by atoms with E-state index in [4.69, 9.17) is 4.74 Å². The third kappa shape index (κ3) is 2.10. The molecule has 0 aliphatic carbocycles. The fraction of sp³-hybridized carbons (Fsp3) is 0.250. The molecule has 1 N–H and O–H groups in total. The summed E-state index contributed by atoms with van der Waals surface area (Å²) in [5.74, 6) is 0.431. The lowest BCUT2D eigenvalue weighted by molar-refractivity contribution is -0.0136. The summed E-state index contributed by atoms with van der Waals surface area (Å²) in [7, 11) is 0. The average molecular weight is 258 g/mol. The van der Waals surface area contributed by atoms with E-state index in [1.165, 1.54) is 12.1 Å². The van der Waals surface area contributed by atoms with Crippen LogP contribution in [-0.2, 0) is 6.42 Å². The fourth-order valence-electron chi connectivity index (χ4n) is 2.62. The van der Waals surface area contributed by atoms with Crippen molar-refractivity contribution in [3.05, 3.63) is 65.5 Å². The Morgan fingerprint density at radius 3 is 2.74 bits per heavy atom. The first-order valence-electron chi connectivity index (χ1n) is 6.29. The summed E-state index contributed by atoms with van der Waals surface area (Å²) in [6, 6.07) is 13.8. The molecule has 2 atom stereocenters. The second kappa shape index (κ2) is 4.35. The van der Waals surface area contributed by atoms with Gasteiger partial charge in [-0.05, 0) is 30.7 Å². The van der Waals surface area contributed by atoms with Crippen LogP contribution < -0.4 is 4.74 Å². The van der Waals surface area contributed by atoms with Gasteiger partial charge in [-0.25, -0.2) is 4.39 Å². The first kappa shape index (κ1) is 12.2. The van der Waals surface area contributed by atoms with E-state index in [1.54, 1.807) is 6.07 Å². The molecule has 0 fully saturated rings. The Balaban J connectivity index is 1.90. The highest BCUT2D eigenvalue weighted by Gasteiger charge is 2.43. The van der Waals surface area contributed by atoms with Crippen LogP contribution in [0.15, 0.2) is 48.5 Å². The number of aliphatic hydroxyl groups is 1. The van der Waals surface area contributed by atoms with Crippen molar-refractivity contribution in [1.29, 1.82) is 0 Å². The minimum Gasteiger partial charge on any atom is -0.484 e. The van der Waals surface area contributed by atoms with Gasteiger partial charge in [0, 0.05) is 12.0 Å². The molecule has 0 bridgehead atoms. The van der Waals surface area contributed by atoms with Crippen LogP contribution in [0.1, 0.15) is 24.2 Å². The minimum atomic E-state index is -0.752. The minimum absolute atomic E-state index is 0.272. The van der Waals surface area contributed by atoms with Gasteiger partial charge >= 0.3 is 0 Å². The van der Waals surface area contributed by atoms with Crippen molar-refractivity contribution in [1.82, 2.24) is 0 Å². The third-order valence-electron chi connectivity index (χ3n) is 3.58. The van der Waals surface area contributed by atoms with Gasteiger partial charge in [-0.15, -0.1) is 0 Å². The van der Waals surface area contributed by atoms with Crippen LogP contribution in [0.2, 0.25) is 0 Å². The smallest absolute Gasteiger partial charge is 0.140 e. The maximum absolute atomic E-state index is 13.2. The number of rotatable bonds is 2. The van der Waals surface area contributed by atoms with Crippen molar-refractivity contribution in [2.75, 3.05) is 0 Å². The molecule has 98 valence electrons. The topological polar surface area (TPSA) is 29.5 Å². The summed E-state index contributed by atoms with van der Waals surface area (Å²) in [6.07, 6.45) is -0.243. The van der Waals surface area contributed by atoms with Gasteiger partial charge in [-0.2, -0.15) is 0 Å². The second-order valence-electron chi connectivity index (χ2n) is 5.16. The monoisotopic (exact) mass is 258 g/mol. The summed E-state index contributed by atoms with van der Waals surface area (Å²) >= 11 is 0. The zero-order chi connectivity index (χ0) is 13.5. The predicted octanol–water partition coefficient (Wildman–Crippen LogP) is 3.25. The Morgan fingerprint density at radius 1 is 1.21 bits per heavy atom. The number of para-hydroxylation sites is 1. The Kier molecular flexibility index (Phi) is 2.79. The van der Waals surface area contributed by atoms with Crippen molar-refractivity contribution in [3.63, 3.8) is 0 Å². The van der Waals surface area contributed by atoms with Crippen molar-refractivity contribution >= 4 is 0 Å². The molecule has 0 saturated carbocycles. The number of ether oxygens (including phenoxy) is 1. The lowest BCUT2D eigenvalue weighted by Gasteiger charge is -2.27. The molecule has 0 unspecified atom stereocenters. The van der Waals surface area contributed by atoms with Gasteiger partial charge < -0.3 is 9.84 Å². The molecule has 3 rings (SSSR count). The van der Waals surface area contributed by atoms with E-state index in [1.807, 2.05) is 37.3 Å². The number of hydrogen-bond acceptors (Lipinski definition) is 2. The number of benzene rings is 2. The highest BCUT2D eigenvalue weighted by Crippen LogP contribution is 2.44. The largest absolute Gasteiger partial charge is 0.484 e. The Morgan fingerprint density at radius 2 is 2.00 bits per heavy atom. The molecule has 1 aliphatic heterocycles. The van der Waals surface area contributed by atoms with Crippen LogP contribution in [0.4, 0.5) is 4.39 Å². The van der Waals surface area contributed by atoms with Crippen LogP contribution in [0.25, 0.3) is 0 Å². The molecule has 1 aliphatic rings. The van der Waals surface area contributed by atoms with E-state index in [-0.39, 0.29) is 5.82 Å². The van der Waals surface area contributed by atoms with Gasteiger partial charge in [0.05, 0.1) is 0 Å². The molecule has 2 nitrogen and oxygen atoms in total. The summed E-state index contributed by atoms with van der Waals surface area (Å²) in [6.45, 7) is 1.85. The zero-order valence-corrected chi connectivity index (χ0v) is 10.6. The molecule has 0 saturated heterocycles. The van der Waals surface area contributed by atoms with Crippen molar-refractivity contribution in [3.8, 4) is 5.75 Å². The summed E-state index contributed by atoms with van der Waals surface area (Å²) < 4.78 is 19.1. The molecular formula is C16H15FO2. The predicted molar refractivity (Wildman–Crippen MR) is 70.5 cm³/mol. The molecule has 2 aromatic rings. The number of halogens is 1. The van der Waals surface area contributed by atoms with Crippen LogP contribution in [-0.4, -0.2) is 10.7 Å². The van der Waals surface area contributed by atoms with Crippen LogP contribution >= 0.6 is 0 Å². The number of hydrogen-bond donors (Lipinski definition) is 1. The molecule has 19 heavy (non-hydrogen) atoms. The SMILES string of the molecule is C[C@@]1(Cc2cccc(F)c2)Oc2ccccc2[C@H]1O. The molecular weight excluding hydrogens is 243 g/mol. The Hall–Kier alpha value is -1.87. The highest BCUT2D eigenvalue weighted by molar-refractivity contribution is 5.42. The van der Waals surface area contributed by atoms with Crippen molar-refractivity contribution < 1.29 is 14.2 Å². The van der Waals surface area contributed by atoms with Crippen LogP contribution in [0.5, 0.6) is 5.75 Å². The van der Waals surface area contributed by atoms with E-state index in [2.05, 4.69) is 0 Å². The molecule has 0 aromatic heterocycles. The second-order valence-corrected chi connectivity index (χ2v) is 5.16. The van der Waals surface area contributed by atoms with E-state index < -0.39 is 11.7 Å². The Bertz CT molecular complexity index is 611. The quantitative estimate of drug-likeness (QED) is 0.896. The van der Waals surface area contributed by atoms with Gasteiger partial charge in [0.15, 0.2) is 0 Å². The van der Waals surface area contributed by atoms with Crippen molar-refractivity contribution in [2.24, 2.45) is 0 Å². The van der Waals surface area contributed by atoms with Gasteiger partial charge in [-0.3, -0.25) is 0 Å². The van der Waals surface area contributed by atoms with E-state index in [0.717, 1.165) is 11.1 Å². The van der Waals surface area contributed by atoms with Crippen LogP contribution in [0, 0.1) is 5.82 Å². The first-order valence-corrected chi connectivity index (χ1v) is 6.29. The van der Waals surface area contributed by atoms with Gasteiger partial charge in [0.2, 0.25) is 0 Å². The van der Waals surface area contributed by atoms with Gasteiger partial charge in [-0.1, -0.05) is 30.3 Å². The molecule has 3 heteroatoms. The van der Waals surface area contributed by atoms with Crippen molar-refractivity contribution in [2.45, 2.75) is 25.0 Å². The maximum atomic E-state index is 13.2. The molecule has 2 aromatic carbocycles. The lowest BCUT2D eigenvalue weighted by atomic mass is 9.89. The highest BCUT2D eigenvalue weighted by atomic mass is 19.1. The molecule has 0 radical (unpaired) electrons. The fourth-order valence-corrected chi connectivity index (χ4v) is 2.62. The molecule has 0 spiro atoms. The lowest BCUT2D eigenvalue weighted by Crippen LogP contribution is -2.37. The zero-order valence-electron chi connectivity index (χ0n) is 10.6. The van der Waals surface area contributed by atoms with E-state index in [9.17, 15) is 9.50 Å².